The zero-order valence-corrected chi connectivity index (χ0v) is 12.6. The van der Waals surface area contributed by atoms with Gasteiger partial charge in [0.05, 0.1) is 6.04 Å². The largest absolute Gasteiger partial charge is 0.492 e. The van der Waals surface area contributed by atoms with Crippen molar-refractivity contribution in [1.82, 2.24) is 0 Å². The normalized spacial score (nSPS) is 12.4. The first kappa shape index (κ1) is 14.9. The predicted molar refractivity (Wildman–Crippen MR) is 84.4 cm³/mol. The molecule has 0 saturated heterocycles. The van der Waals surface area contributed by atoms with Crippen LogP contribution < -0.4 is 10.5 Å². The van der Waals surface area contributed by atoms with Gasteiger partial charge in [-0.05, 0) is 35.2 Å². The van der Waals surface area contributed by atoms with Gasteiger partial charge in [0, 0.05) is 5.02 Å². The molecule has 0 aliphatic carbocycles. The van der Waals surface area contributed by atoms with Gasteiger partial charge in [-0.25, -0.2) is 0 Å². The lowest BCUT2D eigenvalue weighted by Gasteiger charge is -2.15. The van der Waals surface area contributed by atoms with Gasteiger partial charge in [-0.1, -0.05) is 55.8 Å². The molecule has 0 aliphatic heterocycles. The molecule has 0 aliphatic rings. The smallest absolute Gasteiger partial charge is 0.120 e. The Morgan fingerprint density at radius 2 is 1.70 bits per heavy atom. The second-order valence-corrected chi connectivity index (χ2v) is 5.63. The Morgan fingerprint density at radius 1 is 1.05 bits per heavy atom. The highest BCUT2D eigenvalue weighted by Gasteiger charge is 2.08. The van der Waals surface area contributed by atoms with Crippen molar-refractivity contribution in [2.24, 2.45) is 5.73 Å². The molecule has 0 amide bonds. The minimum absolute atomic E-state index is 0.143. The summed E-state index contributed by atoms with van der Waals surface area (Å²) in [6.45, 7) is 4.79. The summed E-state index contributed by atoms with van der Waals surface area (Å²) in [5, 5.41) is 0.664. The second-order valence-electron chi connectivity index (χ2n) is 5.20. The van der Waals surface area contributed by atoms with Crippen LogP contribution in [0.3, 0.4) is 0 Å². The topological polar surface area (TPSA) is 35.2 Å². The van der Waals surface area contributed by atoms with Gasteiger partial charge in [0.25, 0.3) is 0 Å². The maximum absolute atomic E-state index is 6.15. The van der Waals surface area contributed by atoms with Crippen molar-refractivity contribution < 1.29 is 4.74 Å². The highest BCUT2D eigenvalue weighted by Crippen LogP contribution is 2.20. The lowest BCUT2D eigenvalue weighted by molar-refractivity contribution is 0.290. The van der Waals surface area contributed by atoms with Crippen LogP contribution in [0, 0.1) is 0 Å². The summed E-state index contributed by atoms with van der Waals surface area (Å²) >= 11 is 5.91. The number of nitrogens with two attached hydrogens (primary N) is 1. The van der Waals surface area contributed by atoms with E-state index < -0.39 is 0 Å². The Morgan fingerprint density at radius 3 is 2.30 bits per heavy atom. The fraction of sp³-hybridized carbons (Fsp3) is 0.294. The summed E-state index contributed by atoms with van der Waals surface area (Å²) in [6, 6.07) is 15.6. The third-order valence-electron chi connectivity index (χ3n) is 3.26. The van der Waals surface area contributed by atoms with Crippen molar-refractivity contribution in [2.75, 3.05) is 6.61 Å². The molecule has 0 fully saturated rings. The number of halogens is 1. The van der Waals surface area contributed by atoms with Crippen LogP contribution in [0.15, 0.2) is 48.5 Å². The summed E-state index contributed by atoms with van der Waals surface area (Å²) in [6.07, 6.45) is 0. The van der Waals surface area contributed by atoms with E-state index >= 15 is 0 Å². The Bertz CT molecular complexity index is 551. The van der Waals surface area contributed by atoms with Gasteiger partial charge in [0.2, 0.25) is 0 Å². The maximum atomic E-state index is 6.15. The minimum atomic E-state index is -0.143. The third kappa shape index (κ3) is 3.99. The van der Waals surface area contributed by atoms with Crippen molar-refractivity contribution in [3.05, 3.63) is 64.7 Å². The van der Waals surface area contributed by atoms with Gasteiger partial charge >= 0.3 is 0 Å². The number of ether oxygens (including phenoxy) is 1. The van der Waals surface area contributed by atoms with Gasteiger partial charge in [0.1, 0.15) is 12.4 Å². The van der Waals surface area contributed by atoms with E-state index in [-0.39, 0.29) is 6.04 Å². The van der Waals surface area contributed by atoms with Crippen LogP contribution in [0.1, 0.15) is 36.9 Å². The van der Waals surface area contributed by atoms with Crippen LogP contribution >= 0.6 is 11.6 Å². The summed E-state index contributed by atoms with van der Waals surface area (Å²) in [5.74, 6) is 1.27. The summed E-state index contributed by atoms with van der Waals surface area (Å²) in [7, 11) is 0. The van der Waals surface area contributed by atoms with Crippen molar-refractivity contribution in [1.29, 1.82) is 0 Å². The second kappa shape index (κ2) is 6.78. The van der Waals surface area contributed by atoms with Crippen LogP contribution in [0.5, 0.6) is 5.75 Å². The summed E-state index contributed by atoms with van der Waals surface area (Å²) in [5.41, 5.74) is 8.55. The Labute approximate surface area is 125 Å². The van der Waals surface area contributed by atoms with E-state index in [0.29, 0.717) is 17.5 Å². The zero-order valence-electron chi connectivity index (χ0n) is 11.8. The molecule has 0 spiro atoms. The van der Waals surface area contributed by atoms with Crippen molar-refractivity contribution in [3.8, 4) is 5.75 Å². The molecular formula is C17H20ClNO. The number of hydrogen-bond donors (Lipinski definition) is 1. The van der Waals surface area contributed by atoms with E-state index in [1.807, 2.05) is 18.2 Å². The molecule has 0 saturated carbocycles. The molecule has 2 aromatic rings. The molecule has 0 bridgehead atoms. The van der Waals surface area contributed by atoms with E-state index in [2.05, 4.69) is 38.1 Å². The van der Waals surface area contributed by atoms with E-state index in [4.69, 9.17) is 22.1 Å². The first-order valence-electron chi connectivity index (χ1n) is 6.80. The molecule has 0 heterocycles. The first-order chi connectivity index (χ1) is 9.56. The van der Waals surface area contributed by atoms with Crippen LogP contribution in [0.4, 0.5) is 0 Å². The zero-order chi connectivity index (χ0) is 14.5. The monoisotopic (exact) mass is 289 g/mol. The molecule has 2 aromatic carbocycles. The Hall–Kier alpha value is -1.51. The van der Waals surface area contributed by atoms with Crippen molar-refractivity contribution in [2.45, 2.75) is 25.8 Å². The molecule has 2 N–H and O–H groups in total. The Balaban J connectivity index is 1.96. The van der Waals surface area contributed by atoms with Gasteiger partial charge in [-0.15, -0.1) is 0 Å². The summed E-state index contributed by atoms with van der Waals surface area (Å²) < 4.78 is 5.67. The minimum Gasteiger partial charge on any atom is -0.492 e. The average molecular weight is 290 g/mol. The number of hydrogen-bond acceptors (Lipinski definition) is 2. The molecule has 2 nitrogen and oxygen atoms in total. The van der Waals surface area contributed by atoms with Crippen LogP contribution in [0.25, 0.3) is 0 Å². The van der Waals surface area contributed by atoms with Gasteiger partial charge in [0.15, 0.2) is 0 Å². The predicted octanol–water partition coefficient (Wildman–Crippen LogP) is 4.54. The van der Waals surface area contributed by atoms with Crippen LogP contribution in [0.2, 0.25) is 5.02 Å². The van der Waals surface area contributed by atoms with Crippen LogP contribution in [-0.2, 0) is 0 Å². The molecule has 20 heavy (non-hydrogen) atoms. The Kier molecular flexibility index (Phi) is 5.05. The molecule has 106 valence electrons. The van der Waals surface area contributed by atoms with E-state index in [9.17, 15) is 0 Å². The molecule has 0 aromatic heterocycles. The SMILES string of the molecule is CC(C)c1ccc(C(N)COc2cccc(Cl)c2)cc1. The standard InChI is InChI=1S/C17H20ClNO/c1-12(2)13-6-8-14(9-7-13)17(19)11-20-16-5-3-4-15(18)10-16/h3-10,12,17H,11,19H2,1-2H3. The number of benzene rings is 2. The molecular weight excluding hydrogens is 270 g/mol. The highest BCUT2D eigenvalue weighted by molar-refractivity contribution is 6.30. The average Bonchev–Trinajstić information content (AvgIpc) is 2.45. The summed E-state index contributed by atoms with van der Waals surface area (Å²) in [4.78, 5) is 0. The lowest BCUT2D eigenvalue weighted by Crippen LogP contribution is -2.19. The molecule has 2 rings (SSSR count). The number of rotatable bonds is 5. The molecule has 1 atom stereocenters. The fourth-order valence-electron chi connectivity index (χ4n) is 1.97. The van der Waals surface area contributed by atoms with Crippen LogP contribution in [-0.4, -0.2) is 6.61 Å². The van der Waals surface area contributed by atoms with E-state index in [1.165, 1.54) is 5.56 Å². The maximum Gasteiger partial charge on any atom is 0.120 e. The quantitative estimate of drug-likeness (QED) is 0.877. The van der Waals surface area contributed by atoms with E-state index in [1.54, 1.807) is 6.07 Å². The van der Waals surface area contributed by atoms with Crippen molar-refractivity contribution in [3.63, 3.8) is 0 Å². The third-order valence-corrected chi connectivity index (χ3v) is 3.49. The molecule has 1 unspecified atom stereocenters. The van der Waals surface area contributed by atoms with Gasteiger partial charge in [-0.2, -0.15) is 0 Å². The van der Waals surface area contributed by atoms with Gasteiger partial charge < -0.3 is 10.5 Å². The molecule has 0 radical (unpaired) electrons. The lowest BCUT2D eigenvalue weighted by atomic mass is 10.00. The molecule has 3 heteroatoms. The van der Waals surface area contributed by atoms with Gasteiger partial charge in [-0.3, -0.25) is 0 Å². The fourth-order valence-corrected chi connectivity index (χ4v) is 2.15. The van der Waals surface area contributed by atoms with Crippen molar-refractivity contribution >= 4 is 11.6 Å². The van der Waals surface area contributed by atoms with E-state index in [0.717, 1.165) is 11.3 Å². The first-order valence-corrected chi connectivity index (χ1v) is 7.18. The highest BCUT2D eigenvalue weighted by atomic mass is 35.5.